The summed E-state index contributed by atoms with van der Waals surface area (Å²) in [6.07, 6.45) is 4.44. The lowest BCUT2D eigenvalue weighted by Crippen LogP contribution is -2.24. The van der Waals surface area contributed by atoms with Crippen LogP contribution in [-0.2, 0) is 9.59 Å². The fourth-order valence-corrected chi connectivity index (χ4v) is 3.58. The Bertz CT molecular complexity index is 1000. The van der Waals surface area contributed by atoms with Crippen molar-refractivity contribution in [2.24, 2.45) is 0 Å². The fourth-order valence-electron chi connectivity index (χ4n) is 3.58. The molecule has 0 fully saturated rings. The van der Waals surface area contributed by atoms with Crippen molar-refractivity contribution in [3.05, 3.63) is 70.6 Å². The van der Waals surface area contributed by atoms with Crippen molar-refractivity contribution in [2.75, 3.05) is 0 Å². The van der Waals surface area contributed by atoms with Gasteiger partial charge in [-0.05, 0) is 35.1 Å². The molecule has 104 valence electrons. The molecule has 4 nitrogen and oxygen atoms in total. The van der Waals surface area contributed by atoms with Gasteiger partial charge in [0, 0.05) is 17.2 Å². The molecule has 2 heterocycles. The van der Waals surface area contributed by atoms with E-state index in [0.717, 1.165) is 33.2 Å². The number of fused-ring (bicyclic) bond motifs is 5. The molecule has 2 aromatic rings. The first-order valence-electron chi connectivity index (χ1n) is 7.12. The Balaban J connectivity index is 1.80. The molecule has 2 amide bonds. The predicted octanol–water partition coefficient (Wildman–Crippen LogP) is 2.29. The van der Waals surface area contributed by atoms with Crippen LogP contribution in [0.15, 0.2) is 64.9 Å². The van der Waals surface area contributed by atoms with Gasteiger partial charge in [-0.15, -0.1) is 0 Å². The number of aromatic nitrogens is 1. The van der Waals surface area contributed by atoms with Crippen LogP contribution in [0.3, 0.4) is 0 Å². The summed E-state index contributed by atoms with van der Waals surface area (Å²) >= 11 is 0. The smallest absolute Gasteiger partial charge is 0.259 e. The summed E-state index contributed by atoms with van der Waals surface area (Å²) in [6.45, 7) is 0. The van der Waals surface area contributed by atoms with Crippen LogP contribution in [0.25, 0.3) is 16.3 Å². The van der Waals surface area contributed by atoms with Gasteiger partial charge in [-0.2, -0.15) is 0 Å². The minimum absolute atomic E-state index is 0.272. The van der Waals surface area contributed by atoms with E-state index in [4.69, 9.17) is 0 Å². The van der Waals surface area contributed by atoms with Gasteiger partial charge >= 0.3 is 0 Å². The molecule has 1 aliphatic heterocycles. The van der Waals surface area contributed by atoms with Gasteiger partial charge in [0.2, 0.25) is 0 Å². The lowest BCUT2D eigenvalue weighted by molar-refractivity contribution is -0.124. The number of benzene rings is 1. The van der Waals surface area contributed by atoms with Crippen LogP contribution in [0.5, 0.6) is 0 Å². The number of carbonyl (C=O) groups is 2. The Labute approximate surface area is 125 Å². The third kappa shape index (κ3) is 1.29. The zero-order chi connectivity index (χ0) is 14.8. The van der Waals surface area contributed by atoms with Gasteiger partial charge in [-0.25, -0.2) is 0 Å². The zero-order valence-corrected chi connectivity index (χ0v) is 11.5. The van der Waals surface area contributed by atoms with E-state index in [-0.39, 0.29) is 11.8 Å². The molecule has 0 saturated heterocycles. The highest BCUT2D eigenvalue weighted by atomic mass is 16.2. The molecule has 0 spiro atoms. The molecular formula is C18H10N2O2. The summed E-state index contributed by atoms with van der Waals surface area (Å²) in [5.74, 6) is -0.554. The molecule has 0 unspecified atom stereocenters. The lowest BCUT2D eigenvalue weighted by atomic mass is 9.95. The first-order chi connectivity index (χ1) is 10.7. The third-order valence-corrected chi connectivity index (χ3v) is 4.49. The Hall–Kier alpha value is -3.01. The summed E-state index contributed by atoms with van der Waals surface area (Å²) in [5.41, 5.74) is 4.81. The molecule has 5 rings (SSSR count). The van der Waals surface area contributed by atoms with E-state index in [0.29, 0.717) is 17.6 Å². The number of rotatable bonds is 1. The van der Waals surface area contributed by atoms with Gasteiger partial charge in [-0.3, -0.25) is 19.9 Å². The van der Waals surface area contributed by atoms with E-state index in [2.05, 4.69) is 10.3 Å². The zero-order valence-electron chi connectivity index (χ0n) is 11.5. The maximum Gasteiger partial charge on any atom is 0.259 e. The van der Waals surface area contributed by atoms with Gasteiger partial charge in [-0.1, -0.05) is 24.3 Å². The van der Waals surface area contributed by atoms with Crippen LogP contribution in [-0.4, -0.2) is 16.8 Å². The van der Waals surface area contributed by atoms with Crippen molar-refractivity contribution < 1.29 is 9.59 Å². The molecule has 0 radical (unpaired) electrons. The second kappa shape index (κ2) is 3.80. The van der Waals surface area contributed by atoms with Crippen molar-refractivity contribution in [1.82, 2.24) is 10.3 Å². The van der Waals surface area contributed by atoms with Crippen molar-refractivity contribution in [2.45, 2.75) is 6.42 Å². The highest BCUT2D eigenvalue weighted by molar-refractivity contribution is 6.27. The number of allylic oxidation sites excluding steroid dienone is 2. The molecule has 2 bridgehead atoms. The molecule has 4 heteroatoms. The molecule has 0 saturated carbocycles. The van der Waals surface area contributed by atoms with E-state index in [1.807, 2.05) is 36.4 Å². The van der Waals surface area contributed by atoms with E-state index in [9.17, 15) is 9.59 Å². The minimum atomic E-state index is -0.282. The average Bonchev–Trinajstić information content (AvgIpc) is 3.19. The van der Waals surface area contributed by atoms with Crippen molar-refractivity contribution in [1.29, 1.82) is 0 Å². The second-order valence-corrected chi connectivity index (χ2v) is 5.65. The molecule has 1 N–H and O–H groups in total. The van der Waals surface area contributed by atoms with E-state index < -0.39 is 0 Å². The van der Waals surface area contributed by atoms with Gasteiger partial charge < -0.3 is 0 Å². The average molecular weight is 286 g/mol. The van der Waals surface area contributed by atoms with Crippen molar-refractivity contribution in [3.8, 4) is 0 Å². The number of hydrogen-bond acceptors (Lipinski definition) is 3. The summed E-state index contributed by atoms with van der Waals surface area (Å²) in [4.78, 5) is 28.4. The van der Waals surface area contributed by atoms with Crippen LogP contribution in [0.1, 0.15) is 12.1 Å². The maximum atomic E-state index is 12.0. The Morgan fingerprint density at radius 3 is 2.73 bits per heavy atom. The highest BCUT2D eigenvalue weighted by Gasteiger charge is 2.43. The van der Waals surface area contributed by atoms with Crippen LogP contribution in [0, 0.1) is 0 Å². The van der Waals surface area contributed by atoms with Gasteiger partial charge in [0.05, 0.1) is 16.8 Å². The van der Waals surface area contributed by atoms with Crippen molar-refractivity contribution in [3.63, 3.8) is 0 Å². The summed E-state index contributed by atoms with van der Waals surface area (Å²) in [5, 5.41) is 4.55. The topological polar surface area (TPSA) is 59.1 Å². The maximum absolute atomic E-state index is 12.0. The quantitative estimate of drug-likeness (QED) is 0.818. The molecule has 0 atom stereocenters. The van der Waals surface area contributed by atoms with Crippen molar-refractivity contribution >= 4 is 28.2 Å². The first-order valence-corrected chi connectivity index (χ1v) is 7.12. The number of hydrogen-bond donors (Lipinski definition) is 1. The lowest BCUT2D eigenvalue weighted by Gasteiger charge is -2.10. The number of nitrogens with one attached hydrogen (secondary N) is 1. The molecule has 2 aliphatic carbocycles. The SMILES string of the molecule is O=C1NC(=O)C2=C1C1=CC(c3nccc4ccccc34)=C2C1. The Morgan fingerprint density at radius 2 is 1.82 bits per heavy atom. The van der Waals surface area contributed by atoms with Gasteiger partial charge in [0.15, 0.2) is 0 Å². The number of pyridine rings is 1. The van der Waals surface area contributed by atoms with Crippen LogP contribution in [0.2, 0.25) is 0 Å². The fraction of sp³-hybridized carbons (Fsp3) is 0.0556. The molecule has 1 aromatic carbocycles. The van der Waals surface area contributed by atoms with Crippen LogP contribution < -0.4 is 5.32 Å². The standard InChI is InChI=1S/C18H10N2O2/c21-17-14-10-7-12(15(14)18(22)20-17)13(8-10)16-11-4-2-1-3-9(11)5-6-19-16/h1-6,8H,7H2,(H,20,21,22). The summed E-state index contributed by atoms with van der Waals surface area (Å²) in [6, 6.07) is 10.0. The van der Waals surface area contributed by atoms with Crippen LogP contribution >= 0.6 is 0 Å². The highest BCUT2D eigenvalue weighted by Crippen LogP contribution is 2.49. The number of carbonyl (C=O) groups excluding carboxylic acids is 2. The number of imide groups is 1. The molecule has 1 aromatic heterocycles. The molecule has 3 aliphatic rings. The molecule has 22 heavy (non-hydrogen) atoms. The summed E-state index contributed by atoms with van der Waals surface area (Å²) < 4.78 is 0. The van der Waals surface area contributed by atoms with Gasteiger partial charge in [0.25, 0.3) is 11.8 Å². The third-order valence-electron chi connectivity index (χ3n) is 4.49. The Morgan fingerprint density at radius 1 is 1.00 bits per heavy atom. The van der Waals surface area contributed by atoms with E-state index >= 15 is 0 Å². The summed E-state index contributed by atoms with van der Waals surface area (Å²) in [7, 11) is 0. The minimum Gasteiger partial charge on any atom is -0.288 e. The normalized spacial score (nSPS) is 19.2. The monoisotopic (exact) mass is 286 g/mol. The number of nitrogens with zero attached hydrogens (tertiary/aromatic N) is 1. The van der Waals surface area contributed by atoms with E-state index in [1.165, 1.54) is 0 Å². The van der Waals surface area contributed by atoms with Gasteiger partial charge in [0.1, 0.15) is 0 Å². The van der Waals surface area contributed by atoms with E-state index in [1.54, 1.807) is 6.20 Å². The molecular weight excluding hydrogens is 276 g/mol. The Kier molecular flexibility index (Phi) is 2.01. The number of amides is 2. The van der Waals surface area contributed by atoms with Crippen LogP contribution in [0.4, 0.5) is 0 Å². The first kappa shape index (κ1) is 11.6. The predicted molar refractivity (Wildman–Crippen MR) is 81.5 cm³/mol. The largest absolute Gasteiger partial charge is 0.288 e. The second-order valence-electron chi connectivity index (χ2n) is 5.65.